The predicted molar refractivity (Wildman–Crippen MR) is 190 cm³/mol. The second kappa shape index (κ2) is 31.6. The fourth-order valence-corrected chi connectivity index (χ4v) is 8.11. The molecular formula is C38H78O4Si. The van der Waals surface area contributed by atoms with Crippen molar-refractivity contribution in [2.45, 2.75) is 238 Å². The van der Waals surface area contributed by atoms with Gasteiger partial charge in [-0.05, 0) is 51.2 Å². The third kappa shape index (κ3) is 32.8. The maximum atomic E-state index is 12.4. The molecule has 0 saturated carbocycles. The first-order chi connectivity index (χ1) is 20.8. The molecule has 0 aromatic carbocycles. The summed E-state index contributed by atoms with van der Waals surface area (Å²) in [4.78, 5) is 12.4. The maximum Gasteiger partial charge on any atom is 0.292 e. The lowest BCUT2D eigenvalue weighted by Gasteiger charge is -2.22. The molecule has 0 aliphatic carbocycles. The van der Waals surface area contributed by atoms with Crippen LogP contribution in [0.15, 0.2) is 0 Å². The number of unbranched alkanes of at least 4 members (excludes halogenated alkanes) is 21. The molecule has 0 fully saturated rings. The van der Waals surface area contributed by atoms with Gasteiger partial charge in [-0.2, -0.15) is 0 Å². The Morgan fingerprint density at radius 1 is 0.488 bits per heavy atom. The van der Waals surface area contributed by atoms with E-state index in [1.807, 2.05) is 0 Å². The van der Waals surface area contributed by atoms with Crippen LogP contribution in [0.1, 0.15) is 206 Å². The van der Waals surface area contributed by atoms with Gasteiger partial charge < -0.3 is 14.6 Å². The van der Waals surface area contributed by atoms with E-state index in [2.05, 4.69) is 26.9 Å². The van der Waals surface area contributed by atoms with Gasteiger partial charge in [0.25, 0.3) is 5.97 Å². The largest absolute Gasteiger partial charge is 0.520 e. The minimum atomic E-state index is -1.88. The smallest absolute Gasteiger partial charge is 0.292 e. The predicted octanol–water partition coefficient (Wildman–Crippen LogP) is 12.2. The highest BCUT2D eigenvalue weighted by atomic mass is 28.4. The van der Waals surface area contributed by atoms with Crippen molar-refractivity contribution < 1.29 is 19.4 Å². The van der Waals surface area contributed by atoms with Gasteiger partial charge in [0.2, 0.25) is 8.32 Å². The molecular weight excluding hydrogens is 549 g/mol. The van der Waals surface area contributed by atoms with Gasteiger partial charge in [0, 0.05) is 6.42 Å². The molecule has 2 unspecified atom stereocenters. The molecule has 2 N–H and O–H groups in total. The van der Waals surface area contributed by atoms with Crippen molar-refractivity contribution in [3.63, 3.8) is 0 Å². The normalized spacial score (nSPS) is 13.3. The standard InChI is InChI=1S/C38H78O4Si/c1-5-7-9-24-30-36(39)32-26-20-16-12-11-15-19-23-29-35-43(3,4)42-38(41)34-28-22-18-14-13-17-21-27-33-37(40)31-25-10-8-6-2/h36-37,39-40H,5-35H2,1-4H3. The molecule has 258 valence electrons. The van der Waals surface area contributed by atoms with Crippen molar-refractivity contribution in [3.8, 4) is 0 Å². The molecule has 0 aromatic heterocycles. The first-order valence-corrected chi connectivity index (χ1v) is 22.5. The molecule has 0 saturated heterocycles. The number of carbonyl (C=O) groups excluding carboxylic acids is 1. The minimum Gasteiger partial charge on any atom is -0.520 e. The lowest BCUT2D eigenvalue weighted by molar-refractivity contribution is -0.135. The summed E-state index contributed by atoms with van der Waals surface area (Å²) in [6.07, 6.45) is 35.4. The van der Waals surface area contributed by atoms with E-state index in [0.29, 0.717) is 6.42 Å². The Labute approximate surface area is 271 Å². The van der Waals surface area contributed by atoms with E-state index in [-0.39, 0.29) is 18.2 Å². The van der Waals surface area contributed by atoms with Crippen molar-refractivity contribution in [2.75, 3.05) is 0 Å². The zero-order chi connectivity index (χ0) is 31.9. The van der Waals surface area contributed by atoms with E-state index < -0.39 is 8.32 Å². The van der Waals surface area contributed by atoms with Crippen molar-refractivity contribution in [3.05, 3.63) is 0 Å². The van der Waals surface area contributed by atoms with Gasteiger partial charge in [0.15, 0.2) is 0 Å². The SMILES string of the molecule is CCCCCCC(O)CCCCCCCCCCC[Si](C)(C)OC(=O)CCCCCCCCCCC(O)CCCCCC. The Morgan fingerprint density at radius 2 is 0.791 bits per heavy atom. The lowest BCUT2D eigenvalue weighted by Crippen LogP contribution is -2.33. The molecule has 43 heavy (non-hydrogen) atoms. The van der Waals surface area contributed by atoms with E-state index >= 15 is 0 Å². The van der Waals surface area contributed by atoms with Crippen molar-refractivity contribution in [2.24, 2.45) is 0 Å². The summed E-state index contributed by atoms with van der Waals surface area (Å²) in [7, 11) is -1.88. The van der Waals surface area contributed by atoms with E-state index in [1.165, 1.54) is 141 Å². The quantitative estimate of drug-likeness (QED) is 0.0551. The third-order valence-electron chi connectivity index (χ3n) is 9.16. The van der Waals surface area contributed by atoms with Crippen LogP contribution in [0.4, 0.5) is 0 Å². The van der Waals surface area contributed by atoms with Gasteiger partial charge in [-0.15, -0.1) is 0 Å². The van der Waals surface area contributed by atoms with Crippen LogP contribution in [0.25, 0.3) is 0 Å². The second-order valence-electron chi connectivity index (χ2n) is 14.3. The highest BCUT2D eigenvalue weighted by molar-refractivity contribution is 6.72. The van der Waals surface area contributed by atoms with E-state index in [9.17, 15) is 15.0 Å². The van der Waals surface area contributed by atoms with Crippen LogP contribution in [-0.4, -0.2) is 36.7 Å². The van der Waals surface area contributed by atoms with Crippen molar-refractivity contribution >= 4 is 14.3 Å². The number of aliphatic hydroxyl groups is 2. The molecule has 5 heteroatoms. The number of aliphatic hydroxyl groups excluding tert-OH is 2. The van der Waals surface area contributed by atoms with E-state index in [0.717, 1.165) is 51.0 Å². The summed E-state index contributed by atoms with van der Waals surface area (Å²) in [5.41, 5.74) is 0. The first kappa shape index (κ1) is 42.6. The van der Waals surface area contributed by atoms with Gasteiger partial charge in [-0.3, -0.25) is 4.79 Å². The Hall–Kier alpha value is -0.393. The lowest BCUT2D eigenvalue weighted by atomic mass is 10.0. The Balaban J connectivity index is 3.50. The monoisotopic (exact) mass is 627 g/mol. The minimum absolute atomic E-state index is 0.0360. The summed E-state index contributed by atoms with van der Waals surface area (Å²) in [5.74, 6) is 0.0360. The zero-order valence-electron chi connectivity index (χ0n) is 29.8. The first-order valence-electron chi connectivity index (χ1n) is 19.4. The molecule has 0 rings (SSSR count). The van der Waals surface area contributed by atoms with Gasteiger partial charge in [0.1, 0.15) is 0 Å². The number of rotatable bonds is 34. The van der Waals surface area contributed by atoms with Crippen LogP contribution >= 0.6 is 0 Å². The molecule has 0 spiro atoms. The van der Waals surface area contributed by atoms with Crippen LogP contribution < -0.4 is 0 Å². The number of hydrogen-bond donors (Lipinski definition) is 2. The molecule has 4 nitrogen and oxygen atoms in total. The van der Waals surface area contributed by atoms with Gasteiger partial charge in [-0.1, -0.05) is 168 Å². The fourth-order valence-electron chi connectivity index (χ4n) is 6.19. The highest BCUT2D eigenvalue weighted by Crippen LogP contribution is 2.20. The third-order valence-corrected chi connectivity index (χ3v) is 11.5. The molecule has 0 bridgehead atoms. The Bertz CT molecular complexity index is 582. The molecule has 0 aliphatic heterocycles. The summed E-state index contributed by atoms with van der Waals surface area (Å²) in [6.45, 7) is 8.88. The maximum absolute atomic E-state index is 12.4. The van der Waals surface area contributed by atoms with Gasteiger partial charge in [0.05, 0.1) is 12.2 Å². The molecule has 0 heterocycles. The second-order valence-corrected chi connectivity index (χ2v) is 18.6. The van der Waals surface area contributed by atoms with Gasteiger partial charge >= 0.3 is 0 Å². The van der Waals surface area contributed by atoms with E-state index in [4.69, 9.17) is 4.43 Å². The summed E-state index contributed by atoms with van der Waals surface area (Å²) in [5, 5.41) is 20.1. The van der Waals surface area contributed by atoms with Crippen LogP contribution in [0.3, 0.4) is 0 Å². The summed E-state index contributed by atoms with van der Waals surface area (Å²) >= 11 is 0. The number of carbonyl (C=O) groups is 1. The summed E-state index contributed by atoms with van der Waals surface area (Å²) < 4.78 is 5.96. The Kier molecular flexibility index (Phi) is 31.3. The molecule has 0 radical (unpaired) electrons. The van der Waals surface area contributed by atoms with Crippen LogP contribution in [0.5, 0.6) is 0 Å². The Morgan fingerprint density at radius 3 is 1.16 bits per heavy atom. The van der Waals surface area contributed by atoms with Crippen LogP contribution in [0, 0.1) is 0 Å². The molecule has 0 aromatic rings. The molecule has 0 amide bonds. The van der Waals surface area contributed by atoms with Crippen molar-refractivity contribution in [1.29, 1.82) is 0 Å². The zero-order valence-corrected chi connectivity index (χ0v) is 30.8. The average Bonchev–Trinajstić information content (AvgIpc) is 2.97. The van der Waals surface area contributed by atoms with E-state index in [1.54, 1.807) is 0 Å². The fraction of sp³-hybridized carbons (Fsp3) is 0.974. The summed E-state index contributed by atoms with van der Waals surface area (Å²) in [6, 6.07) is 1.09. The van der Waals surface area contributed by atoms with Gasteiger partial charge in [-0.25, -0.2) is 0 Å². The molecule has 0 aliphatic rings. The molecule has 2 atom stereocenters. The van der Waals surface area contributed by atoms with Crippen LogP contribution in [-0.2, 0) is 9.22 Å². The van der Waals surface area contributed by atoms with Crippen LogP contribution in [0.2, 0.25) is 19.1 Å². The topological polar surface area (TPSA) is 66.8 Å². The average molecular weight is 627 g/mol. The number of hydrogen-bond acceptors (Lipinski definition) is 4. The highest BCUT2D eigenvalue weighted by Gasteiger charge is 2.26. The van der Waals surface area contributed by atoms with Crippen molar-refractivity contribution in [1.82, 2.24) is 0 Å².